The molecule has 1 aliphatic heterocycles. The molecule has 1 unspecified atom stereocenters. The van der Waals surface area contributed by atoms with E-state index in [1.165, 1.54) is 0 Å². The van der Waals surface area contributed by atoms with Gasteiger partial charge >= 0.3 is 0 Å². The summed E-state index contributed by atoms with van der Waals surface area (Å²) in [5.74, 6) is -0.278. The van der Waals surface area contributed by atoms with E-state index in [0.29, 0.717) is 44.6 Å². The second-order valence-corrected chi connectivity index (χ2v) is 7.16. The zero-order valence-electron chi connectivity index (χ0n) is 16.4. The fraction of sp³-hybridized carbons (Fsp3) is 0.500. The van der Waals surface area contributed by atoms with Crippen LogP contribution in [0, 0.1) is 5.92 Å². The van der Waals surface area contributed by atoms with E-state index >= 15 is 0 Å². The molecule has 28 heavy (non-hydrogen) atoms. The van der Waals surface area contributed by atoms with Crippen LogP contribution >= 0.6 is 0 Å². The predicted octanol–water partition coefficient (Wildman–Crippen LogP) is 0.208. The molecule has 0 bridgehead atoms. The minimum atomic E-state index is -0.308. The van der Waals surface area contributed by atoms with Crippen molar-refractivity contribution in [1.82, 2.24) is 20.9 Å². The van der Waals surface area contributed by atoms with Gasteiger partial charge < -0.3 is 10.6 Å². The molecule has 3 N–H and O–H groups in total. The molecule has 1 aromatic rings. The summed E-state index contributed by atoms with van der Waals surface area (Å²) >= 11 is 0. The predicted molar refractivity (Wildman–Crippen MR) is 104 cm³/mol. The first-order valence-electron chi connectivity index (χ1n) is 9.43. The SMILES string of the molecule is CC(CCC(=O)NC=O)N(C)Cc1c(C=O)cccc1CNC(=O)C1CNC1. The van der Waals surface area contributed by atoms with Gasteiger partial charge in [-0.15, -0.1) is 0 Å². The van der Waals surface area contributed by atoms with Crippen LogP contribution in [0.3, 0.4) is 0 Å². The van der Waals surface area contributed by atoms with Crippen LogP contribution < -0.4 is 16.0 Å². The van der Waals surface area contributed by atoms with Gasteiger partial charge in [0.2, 0.25) is 18.2 Å². The van der Waals surface area contributed by atoms with E-state index < -0.39 is 0 Å². The summed E-state index contributed by atoms with van der Waals surface area (Å²) in [5, 5.41) is 8.16. The molecule has 1 heterocycles. The lowest BCUT2D eigenvalue weighted by Gasteiger charge is -2.27. The van der Waals surface area contributed by atoms with Gasteiger partial charge in [-0.05, 0) is 31.5 Å². The van der Waals surface area contributed by atoms with E-state index in [1.54, 1.807) is 6.07 Å². The number of aldehydes is 1. The fourth-order valence-electron chi connectivity index (χ4n) is 3.03. The Labute approximate surface area is 165 Å². The molecule has 3 amide bonds. The molecule has 152 valence electrons. The Kier molecular flexibility index (Phi) is 8.28. The van der Waals surface area contributed by atoms with Gasteiger partial charge in [-0.3, -0.25) is 29.4 Å². The first-order chi connectivity index (χ1) is 13.5. The van der Waals surface area contributed by atoms with Crippen molar-refractivity contribution in [3.05, 3.63) is 34.9 Å². The van der Waals surface area contributed by atoms with Gasteiger partial charge in [0.15, 0.2) is 0 Å². The van der Waals surface area contributed by atoms with E-state index in [1.807, 2.05) is 26.1 Å². The minimum Gasteiger partial charge on any atom is -0.352 e. The Morgan fingerprint density at radius 2 is 2.07 bits per heavy atom. The summed E-state index contributed by atoms with van der Waals surface area (Å²) in [6, 6.07) is 5.56. The third-order valence-corrected chi connectivity index (χ3v) is 5.21. The Hall–Kier alpha value is -2.58. The lowest BCUT2D eigenvalue weighted by atomic mass is 9.99. The average molecular weight is 388 g/mol. The number of imide groups is 1. The lowest BCUT2D eigenvalue weighted by Crippen LogP contribution is -2.50. The number of nitrogens with one attached hydrogen (secondary N) is 3. The van der Waals surface area contributed by atoms with Crippen molar-refractivity contribution >= 4 is 24.5 Å². The third-order valence-electron chi connectivity index (χ3n) is 5.21. The van der Waals surface area contributed by atoms with E-state index in [-0.39, 0.29) is 30.2 Å². The van der Waals surface area contributed by atoms with E-state index in [2.05, 4.69) is 20.9 Å². The van der Waals surface area contributed by atoms with Crippen molar-refractivity contribution in [2.45, 2.75) is 38.9 Å². The maximum atomic E-state index is 12.1. The van der Waals surface area contributed by atoms with Crippen molar-refractivity contribution in [3.63, 3.8) is 0 Å². The molecule has 1 fully saturated rings. The molecular formula is C20H28N4O4. The highest BCUT2D eigenvalue weighted by atomic mass is 16.2. The Balaban J connectivity index is 2.01. The summed E-state index contributed by atoms with van der Waals surface area (Å²) in [7, 11) is 1.92. The molecule has 0 saturated carbocycles. The van der Waals surface area contributed by atoms with Crippen LogP contribution in [0.15, 0.2) is 18.2 Å². The highest BCUT2D eigenvalue weighted by Crippen LogP contribution is 2.18. The van der Waals surface area contributed by atoms with Gasteiger partial charge in [-0.1, -0.05) is 18.2 Å². The summed E-state index contributed by atoms with van der Waals surface area (Å²) in [6.45, 7) is 4.27. The van der Waals surface area contributed by atoms with Crippen LogP contribution in [0.1, 0.15) is 41.3 Å². The lowest BCUT2D eigenvalue weighted by molar-refractivity contribution is -0.127. The zero-order valence-corrected chi connectivity index (χ0v) is 16.4. The summed E-state index contributed by atoms with van der Waals surface area (Å²) in [6.07, 6.45) is 2.04. The van der Waals surface area contributed by atoms with Crippen molar-refractivity contribution in [2.75, 3.05) is 20.1 Å². The number of carbonyl (C=O) groups is 4. The maximum Gasteiger partial charge on any atom is 0.226 e. The van der Waals surface area contributed by atoms with Crippen molar-refractivity contribution < 1.29 is 19.2 Å². The van der Waals surface area contributed by atoms with Gasteiger partial charge in [-0.25, -0.2) is 0 Å². The number of hydrogen-bond acceptors (Lipinski definition) is 6. The molecule has 1 atom stereocenters. The molecular weight excluding hydrogens is 360 g/mol. The van der Waals surface area contributed by atoms with Gasteiger partial charge in [0.1, 0.15) is 6.29 Å². The second kappa shape index (κ2) is 10.7. The van der Waals surface area contributed by atoms with Crippen LogP contribution in [0.2, 0.25) is 0 Å². The van der Waals surface area contributed by atoms with Gasteiger partial charge in [0, 0.05) is 44.2 Å². The number of amides is 3. The summed E-state index contributed by atoms with van der Waals surface area (Å²) in [5.41, 5.74) is 2.37. The molecule has 2 rings (SSSR count). The number of rotatable bonds is 11. The van der Waals surface area contributed by atoms with Crippen LogP contribution in [-0.4, -0.2) is 55.6 Å². The van der Waals surface area contributed by atoms with E-state index in [4.69, 9.17) is 0 Å². The van der Waals surface area contributed by atoms with Gasteiger partial charge in [-0.2, -0.15) is 0 Å². The smallest absolute Gasteiger partial charge is 0.226 e. The fourth-order valence-corrected chi connectivity index (χ4v) is 3.03. The van der Waals surface area contributed by atoms with Gasteiger partial charge in [0.25, 0.3) is 0 Å². The van der Waals surface area contributed by atoms with Crippen LogP contribution in [0.25, 0.3) is 0 Å². The Bertz CT molecular complexity index is 718. The third kappa shape index (κ3) is 5.97. The molecule has 0 aromatic heterocycles. The quantitative estimate of drug-likeness (QED) is 0.468. The second-order valence-electron chi connectivity index (χ2n) is 7.16. The molecule has 1 aliphatic rings. The molecule has 0 aliphatic carbocycles. The molecule has 1 aromatic carbocycles. The highest BCUT2D eigenvalue weighted by Gasteiger charge is 2.24. The highest BCUT2D eigenvalue weighted by molar-refractivity contribution is 5.85. The normalized spacial score (nSPS) is 14.8. The largest absolute Gasteiger partial charge is 0.352 e. The summed E-state index contributed by atoms with van der Waals surface area (Å²) < 4.78 is 0. The molecule has 1 saturated heterocycles. The van der Waals surface area contributed by atoms with Crippen LogP contribution in [-0.2, 0) is 27.5 Å². The van der Waals surface area contributed by atoms with E-state index in [0.717, 1.165) is 17.4 Å². The van der Waals surface area contributed by atoms with Crippen molar-refractivity contribution in [3.8, 4) is 0 Å². The zero-order chi connectivity index (χ0) is 20.5. The number of benzene rings is 1. The van der Waals surface area contributed by atoms with Gasteiger partial charge in [0.05, 0.1) is 5.92 Å². The maximum absolute atomic E-state index is 12.1. The van der Waals surface area contributed by atoms with Crippen molar-refractivity contribution in [2.24, 2.45) is 5.92 Å². The monoisotopic (exact) mass is 388 g/mol. The minimum absolute atomic E-state index is 0.0120. The molecule has 0 spiro atoms. The first-order valence-corrected chi connectivity index (χ1v) is 9.43. The standard InChI is InChI=1S/C20H28N4O4/c1-14(6-7-19(27)23-13-26)24(2)11-18-15(4-3-5-16(18)12-25)10-22-20(28)17-8-21-9-17/h3-5,12-14,17,21H,6-11H2,1-2H3,(H,22,28)(H,23,26,27). The van der Waals surface area contributed by atoms with Crippen LogP contribution in [0.4, 0.5) is 0 Å². The Morgan fingerprint density at radius 3 is 2.68 bits per heavy atom. The number of nitrogens with zero attached hydrogens (tertiary/aromatic N) is 1. The van der Waals surface area contributed by atoms with Crippen LogP contribution in [0.5, 0.6) is 0 Å². The average Bonchev–Trinajstić information content (AvgIpc) is 2.63. The van der Waals surface area contributed by atoms with Crippen molar-refractivity contribution in [1.29, 1.82) is 0 Å². The Morgan fingerprint density at radius 1 is 1.32 bits per heavy atom. The molecule has 0 radical (unpaired) electrons. The molecule has 8 nitrogen and oxygen atoms in total. The van der Waals surface area contributed by atoms with E-state index in [9.17, 15) is 19.2 Å². The topological polar surface area (TPSA) is 108 Å². The number of hydrogen-bond donors (Lipinski definition) is 3. The number of carbonyl (C=O) groups excluding carboxylic acids is 4. The summed E-state index contributed by atoms with van der Waals surface area (Å²) in [4.78, 5) is 47.4. The molecule has 8 heteroatoms. The first kappa shape index (κ1) is 21.7.